The Labute approximate surface area is 191 Å². The minimum atomic E-state index is -1.06. The number of carbonyl (C=O) groups is 1. The molecule has 0 aromatic heterocycles. The predicted molar refractivity (Wildman–Crippen MR) is 130 cm³/mol. The summed E-state index contributed by atoms with van der Waals surface area (Å²) >= 11 is 0. The SMILES string of the molecule is CC(C)c1cccc(C(C)C)c1NC(=O)NCC1(c2ccc(N)cc2)OCC(C)(C)CO1. The van der Waals surface area contributed by atoms with Crippen LogP contribution in [-0.2, 0) is 15.3 Å². The molecule has 2 aromatic rings. The molecule has 1 saturated heterocycles. The normalized spacial score (nSPS) is 17.4. The van der Waals surface area contributed by atoms with Crippen LogP contribution in [0.25, 0.3) is 0 Å². The summed E-state index contributed by atoms with van der Waals surface area (Å²) in [6.45, 7) is 13.9. The number of rotatable bonds is 6. The zero-order valence-corrected chi connectivity index (χ0v) is 20.1. The molecule has 1 fully saturated rings. The van der Waals surface area contributed by atoms with E-state index in [0.29, 0.717) is 18.9 Å². The van der Waals surface area contributed by atoms with E-state index in [1.54, 1.807) is 0 Å². The number of hydrogen-bond donors (Lipinski definition) is 3. The van der Waals surface area contributed by atoms with E-state index in [1.807, 2.05) is 24.3 Å². The molecule has 32 heavy (non-hydrogen) atoms. The third-order valence-electron chi connectivity index (χ3n) is 5.84. The second kappa shape index (κ2) is 9.51. The predicted octanol–water partition coefficient (Wildman–Crippen LogP) is 5.56. The van der Waals surface area contributed by atoms with Gasteiger partial charge in [-0.15, -0.1) is 0 Å². The second-order valence-electron chi connectivity index (χ2n) is 10.0. The lowest BCUT2D eigenvalue weighted by Gasteiger charge is -2.43. The molecule has 1 heterocycles. The Balaban J connectivity index is 1.80. The van der Waals surface area contributed by atoms with Gasteiger partial charge < -0.3 is 25.8 Å². The summed E-state index contributed by atoms with van der Waals surface area (Å²) in [5, 5.41) is 6.08. The molecule has 2 aromatic carbocycles. The van der Waals surface area contributed by atoms with Gasteiger partial charge in [-0.1, -0.05) is 71.9 Å². The Morgan fingerprint density at radius 3 is 2.00 bits per heavy atom. The summed E-state index contributed by atoms with van der Waals surface area (Å²) < 4.78 is 12.5. The van der Waals surface area contributed by atoms with Crippen LogP contribution in [0.3, 0.4) is 0 Å². The van der Waals surface area contributed by atoms with Gasteiger partial charge in [0.15, 0.2) is 0 Å². The third-order valence-corrected chi connectivity index (χ3v) is 5.84. The van der Waals surface area contributed by atoms with E-state index in [9.17, 15) is 4.79 Å². The standard InChI is InChI=1S/C26H37N3O3/c1-17(2)21-8-7-9-22(18(3)4)23(21)29-24(30)28-14-26(19-10-12-20(27)13-11-19)31-15-25(5,6)16-32-26/h7-13,17-18H,14-16,27H2,1-6H3,(H2,28,29,30). The smallest absolute Gasteiger partial charge is 0.319 e. The zero-order valence-electron chi connectivity index (χ0n) is 20.1. The van der Waals surface area contributed by atoms with Gasteiger partial charge in [0.2, 0.25) is 5.79 Å². The largest absolute Gasteiger partial charge is 0.399 e. The molecule has 2 amide bonds. The van der Waals surface area contributed by atoms with Gasteiger partial charge in [-0.3, -0.25) is 0 Å². The fourth-order valence-corrected chi connectivity index (χ4v) is 3.86. The van der Waals surface area contributed by atoms with Crippen molar-refractivity contribution in [3.8, 4) is 0 Å². The van der Waals surface area contributed by atoms with Crippen LogP contribution in [0.5, 0.6) is 0 Å². The maximum Gasteiger partial charge on any atom is 0.319 e. The molecule has 1 aliphatic heterocycles. The van der Waals surface area contributed by atoms with E-state index in [4.69, 9.17) is 15.2 Å². The lowest BCUT2D eigenvalue weighted by Crippen LogP contribution is -2.52. The number of benzene rings is 2. The van der Waals surface area contributed by atoms with Crippen LogP contribution in [0, 0.1) is 5.41 Å². The van der Waals surface area contributed by atoms with Gasteiger partial charge in [-0.05, 0) is 35.1 Å². The van der Waals surface area contributed by atoms with Crippen LogP contribution in [0.1, 0.15) is 70.1 Å². The highest BCUT2D eigenvalue weighted by Crippen LogP contribution is 2.37. The van der Waals surface area contributed by atoms with Gasteiger partial charge in [0, 0.05) is 22.4 Å². The van der Waals surface area contributed by atoms with Crippen LogP contribution in [-0.4, -0.2) is 25.8 Å². The molecule has 0 saturated carbocycles. The second-order valence-corrected chi connectivity index (χ2v) is 10.0. The maximum atomic E-state index is 13.0. The molecule has 0 unspecified atom stereocenters. The van der Waals surface area contributed by atoms with Crippen molar-refractivity contribution in [2.45, 2.75) is 59.2 Å². The molecular weight excluding hydrogens is 402 g/mol. The monoisotopic (exact) mass is 439 g/mol. The number of amides is 2. The Bertz CT molecular complexity index is 900. The van der Waals surface area contributed by atoms with E-state index in [0.717, 1.165) is 22.4 Å². The average molecular weight is 440 g/mol. The van der Waals surface area contributed by atoms with Crippen LogP contribution in [0.4, 0.5) is 16.2 Å². The zero-order chi connectivity index (χ0) is 23.5. The lowest BCUT2D eigenvalue weighted by molar-refractivity contribution is -0.303. The molecule has 0 bridgehead atoms. The minimum Gasteiger partial charge on any atom is -0.399 e. The molecule has 6 heteroatoms. The summed E-state index contributed by atoms with van der Waals surface area (Å²) in [6.07, 6.45) is 0. The number of nitrogens with one attached hydrogen (secondary N) is 2. The maximum absolute atomic E-state index is 13.0. The van der Waals surface area contributed by atoms with Gasteiger partial charge >= 0.3 is 6.03 Å². The lowest BCUT2D eigenvalue weighted by atomic mass is 9.92. The number of nitrogens with two attached hydrogens (primary N) is 1. The summed E-state index contributed by atoms with van der Waals surface area (Å²) in [5.74, 6) is -0.478. The van der Waals surface area contributed by atoms with Crippen molar-refractivity contribution in [3.05, 3.63) is 59.2 Å². The van der Waals surface area contributed by atoms with E-state index in [1.165, 1.54) is 0 Å². The van der Waals surface area contributed by atoms with Crippen molar-refractivity contribution in [2.24, 2.45) is 5.41 Å². The van der Waals surface area contributed by atoms with Crippen molar-refractivity contribution < 1.29 is 14.3 Å². The van der Waals surface area contributed by atoms with Crippen molar-refractivity contribution in [1.29, 1.82) is 0 Å². The third kappa shape index (κ3) is 5.43. The first kappa shape index (κ1) is 24.1. The molecule has 0 atom stereocenters. The number of hydrogen-bond acceptors (Lipinski definition) is 4. The number of nitrogen functional groups attached to an aromatic ring is 1. The van der Waals surface area contributed by atoms with Crippen LogP contribution >= 0.6 is 0 Å². The molecule has 0 radical (unpaired) electrons. The minimum absolute atomic E-state index is 0.0953. The summed E-state index contributed by atoms with van der Waals surface area (Å²) in [7, 11) is 0. The van der Waals surface area contributed by atoms with Gasteiger partial charge in [-0.2, -0.15) is 0 Å². The van der Waals surface area contributed by atoms with Gasteiger partial charge in [0.1, 0.15) is 0 Å². The van der Waals surface area contributed by atoms with Crippen molar-refractivity contribution >= 4 is 17.4 Å². The number of ether oxygens (including phenoxy) is 2. The number of urea groups is 1. The van der Waals surface area contributed by atoms with Gasteiger partial charge in [0.05, 0.1) is 19.8 Å². The van der Waals surface area contributed by atoms with E-state index in [2.05, 4.69) is 70.4 Å². The highest BCUT2D eigenvalue weighted by atomic mass is 16.7. The first-order valence-electron chi connectivity index (χ1n) is 11.3. The first-order chi connectivity index (χ1) is 15.0. The number of carbonyl (C=O) groups excluding carboxylic acids is 1. The van der Waals surface area contributed by atoms with E-state index in [-0.39, 0.29) is 29.8 Å². The van der Waals surface area contributed by atoms with E-state index < -0.39 is 5.79 Å². The van der Waals surface area contributed by atoms with Gasteiger partial charge in [-0.25, -0.2) is 4.79 Å². The fraction of sp³-hybridized carbons (Fsp3) is 0.500. The highest BCUT2D eigenvalue weighted by Gasteiger charge is 2.42. The quantitative estimate of drug-likeness (QED) is 0.514. The van der Waals surface area contributed by atoms with Crippen LogP contribution in [0.15, 0.2) is 42.5 Å². The molecule has 6 nitrogen and oxygen atoms in total. The van der Waals surface area contributed by atoms with Crippen molar-refractivity contribution in [1.82, 2.24) is 5.32 Å². The molecular formula is C26H37N3O3. The molecule has 174 valence electrons. The van der Waals surface area contributed by atoms with Crippen molar-refractivity contribution in [3.63, 3.8) is 0 Å². The van der Waals surface area contributed by atoms with Crippen LogP contribution in [0.2, 0.25) is 0 Å². The molecule has 0 spiro atoms. The summed E-state index contributed by atoms with van der Waals surface area (Å²) in [5.41, 5.74) is 10.4. The topological polar surface area (TPSA) is 85.6 Å². The average Bonchev–Trinajstić information content (AvgIpc) is 2.74. The van der Waals surface area contributed by atoms with Crippen molar-refractivity contribution in [2.75, 3.05) is 30.8 Å². The van der Waals surface area contributed by atoms with Gasteiger partial charge in [0.25, 0.3) is 0 Å². The fourth-order valence-electron chi connectivity index (χ4n) is 3.86. The summed E-state index contributed by atoms with van der Waals surface area (Å²) in [6, 6.07) is 13.3. The molecule has 3 rings (SSSR count). The Hall–Kier alpha value is -2.57. The Kier molecular flexibility index (Phi) is 7.16. The van der Waals surface area contributed by atoms with E-state index >= 15 is 0 Å². The number of para-hydroxylation sites is 1. The Morgan fingerprint density at radius 1 is 0.969 bits per heavy atom. The molecule has 1 aliphatic rings. The Morgan fingerprint density at radius 2 is 1.50 bits per heavy atom. The molecule has 0 aliphatic carbocycles. The molecule has 4 N–H and O–H groups in total. The highest BCUT2D eigenvalue weighted by molar-refractivity contribution is 5.91. The first-order valence-corrected chi connectivity index (χ1v) is 11.3. The summed E-state index contributed by atoms with van der Waals surface area (Å²) in [4.78, 5) is 13.0. The number of anilines is 2. The van der Waals surface area contributed by atoms with Crippen LogP contribution < -0.4 is 16.4 Å².